The molecule has 2 aliphatic heterocycles. The topological polar surface area (TPSA) is 33.5 Å². The molecule has 3 aromatic carbocycles. The first-order valence-electron chi connectivity index (χ1n) is 13.7. The maximum atomic E-state index is 13.4. The Bertz CT molecular complexity index is 1350. The molecule has 0 saturated carbocycles. The van der Waals surface area contributed by atoms with Crippen LogP contribution in [0.25, 0.3) is 28.1 Å². The number of piperidine rings is 1. The van der Waals surface area contributed by atoms with Crippen LogP contribution in [0.5, 0.6) is 5.75 Å². The average molecular weight is 511 g/mol. The molecule has 3 heterocycles. The number of likely N-dealkylation sites (tertiary alicyclic amines) is 2. The molecule has 6 heteroatoms. The zero-order valence-corrected chi connectivity index (χ0v) is 22.0. The number of hydrogen-bond acceptors (Lipinski definition) is 4. The number of ether oxygens (including phenoxy) is 1. The largest absolute Gasteiger partial charge is 0.497 e. The van der Waals surface area contributed by atoms with Gasteiger partial charge in [0.2, 0.25) is 0 Å². The van der Waals surface area contributed by atoms with Crippen LogP contribution in [0, 0.1) is 5.82 Å². The Kier molecular flexibility index (Phi) is 7.25. The molecule has 4 aromatic rings. The third-order valence-corrected chi connectivity index (χ3v) is 8.09. The highest BCUT2D eigenvalue weighted by atomic mass is 19.1. The summed E-state index contributed by atoms with van der Waals surface area (Å²) in [7, 11) is 1.70. The lowest BCUT2D eigenvalue weighted by atomic mass is 10.0. The van der Waals surface area contributed by atoms with Crippen LogP contribution in [0.3, 0.4) is 0 Å². The summed E-state index contributed by atoms with van der Waals surface area (Å²) < 4.78 is 21.0. The van der Waals surface area contributed by atoms with Crippen LogP contribution in [0.1, 0.15) is 31.2 Å². The van der Waals surface area contributed by atoms with Crippen molar-refractivity contribution in [2.24, 2.45) is 0 Å². The van der Waals surface area contributed by atoms with Crippen LogP contribution >= 0.6 is 0 Å². The molecule has 1 aromatic heterocycles. The van der Waals surface area contributed by atoms with E-state index in [1.165, 1.54) is 56.5 Å². The van der Waals surface area contributed by atoms with Crippen LogP contribution < -0.4 is 4.74 Å². The van der Waals surface area contributed by atoms with E-state index in [0.717, 1.165) is 59.5 Å². The van der Waals surface area contributed by atoms with Gasteiger partial charge in [0.15, 0.2) is 0 Å². The fourth-order valence-electron chi connectivity index (χ4n) is 6.00. The minimum atomic E-state index is -0.224. The SMILES string of the molecule is COc1cccc(-c2c(CN3CCC(N4CCCC4)CC3)cnn2-c2ccc(-c3ccc(F)cc3)cc2)c1. The van der Waals surface area contributed by atoms with E-state index < -0.39 is 0 Å². The number of hydrogen-bond donors (Lipinski definition) is 0. The fraction of sp³-hybridized carbons (Fsp3) is 0.344. The molecular formula is C32H35FN4O. The van der Waals surface area contributed by atoms with Gasteiger partial charge in [-0.1, -0.05) is 36.4 Å². The van der Waals surface area contributed by atoms with Gasteiger partial charge in [-0.2, -0.15) is 5.10 Å². The number of aromatic nitrogens is 2. The highest BCUT2D eigenvalue weighted by Gasteiger charge is 2.27. The quantitative estimate of drug-likeness (QED) is 0.288. The van der Waals surface area contributed by atoms with E-state index in [4.69, 9.17) is 9.84 Å². The average Bonchev–Trinajstić information content (AvgIpc) is 3.65. The van der Waals surface area contributed by atoms with E-state index in [1.54, 1.807) is 7.11 Å². The molecule has 38 heavy (non-hydrogen) atoms. The number of benzene rings is 3. The second-order valence-electron chi connectivity index (χ2n) is 10.5. The maximum Gasteiger partial charge on any atom is 0.123 e. The summed E-state index contributed by atoms with van der Waals surface area (Å²) >= 11 is 0. The van der Waals surface area contributed by atoms with E-state index in [-0.39, 0.29) is 5.82 Å². The molecule has 0 aliphatic carbocycles. The van der Waals surface area contributed by atoms with E-state index >= 15 is 0 Å². The first kappa shape index (κ1) is 24.8. The molecule has 0 amide bonds. The number of nitrogens with zero attached hydrogens (tertiary/aromatic N) is 4. The van der Waals surface area contributed by atoms with Crippen molar-refractivity contribution in [3.63, 3.8) is 0 Å². The Balaban J connectivity index is 1.28. The molecule has 0 radical (unpaired) electrons. The Morgan fingerprint density at radius 3 is 2.21 bits per heavy atom. The Morgan fingerprint density at radius 2 is 1.53 bits per heavy atom. The van der Waals surface area contributed by atoms with Crippen molar-refractivity contribution in [3.8, 4) is 33.8 Å². The van der Waals surface area contributed by atoms with Gasteiger partial charge >= 0.3 is 0 Å². The van der Waals surface area contributed by atoms with Crippen molar-refractivity contribution in [1.82, 2.24) is 19.6 Å². The molecule has 196 valence electrons. The first-order chi connectivity index (χ1) is 18.7. The van der Waals surface area contributed by atoms with Crippen molar-refractivity contribution >= 4 is 0 Å². The van der Waals surface area contributed by atoms with E-state index in [1.807, 2.05) is 35.1 Å². The summed E-state index contributed by atoms with van der Waals surface area (Å²) in [5, 5.41) is 4.87. The molecule has 2 aliphatic rings. The van der Waals surface area contributed by atoms with Gasteiger partial charge in [-0.25, -0.2) is 9.07 Å². The van der Waals surface area contributed by atoms with Gasteiger partial charge in [-0.3, -0.25) is 4.90 Å². The van der Waals surface area contributed by atoms with Crippen LogP contribution in [0.4, 0.5) is 4.39 Å². The van der Waals surface area contributed by atoms with Crippen molar-refractivity contribution in [2.45, 2.75) is 38.3 Å². The third-order valence-electron chi connectivity index (χ3n) is 8.09. The van der Waals surface area contributed by atoms with Gasteiger partial charge in [0.1, 0.15) is 11.6 Å². The smallest absolute Gasteiger partial charge is 0.123 e. The van der Waals surface area contributed by atoms with Gasteiger partial charge < -0.3 is 9.64 Å². The summed E-state index contributed by atoms with van der Waals surface area (Å²) in [6, 6.07) is 23.9. The van der Waals surface area contributed by atoms with Gasteiger partial charge in [0.25, 0.3) is 0 Å². The molecule has 0 spiro atoms. The van der Waals surface area contributed by atoms with Gasteiger partial charge in [-0.05, 0) is 99.4 Å². The van der Waals surface area contributed by atoms with Crippen molar-refractivity contribution in [3.05, 3.63) is 90.4 Å². The number of rotatable bonds is 7. The highest BCUT2D eigenvalue weighted by Crippen LogP contribution is 2.32. The number of halogens is 1. The summed E-state index contributed by atoms with van der Waals surface area (Å²) in [5.74, 6) is 0.608. The molecule has 0 unspecified atom stereocenters. The van der Waals surface area contributed by atoms with Crippen molar-refractivity contribution in [2.75, 3.05) is 33.3 Å². The molecule has 2 fully saturated rings. The molecule has 0 N–H and O–H groups in total. The lowest BCUT2D eigenvalue weighted by molar-refractivity contribution is 0.123. The van der Waals surface area contributed by atoms with Crippen molar-refractivity contribution < 1.29 is 9.13 Å². The van der Waals surface area contributed by atoms with Crippen LogP contribution in [0.15, 0.2) is 79.0 Å². The van der Waals surface area contributed by atoms with Crippen LogP contribution in [-0.2, 0) is 6.54 Å². The van der Waals surface area contributed by atoms with E-state index in [0.29, 0.717) is 0 Å². The maximum absolute atomic E-state index is 13.4. The van der Waals surface area contributed by atoms with Crippen molar-refractivity contribution in [1.29, 1.82) is 0 Å². The molecule has 0 bridgehead atoms. The van der Waals surface area contributed by atoms with E-state index in [2.05, 4.69) is 46.2 Å². The normalized spacial score (nSPS) is 17.2. The molecular weight excluding hydrogens is 475 g/mol. The second kappa shape index (κ2) is 11.1. The van der Waals surface area contributed by atoms with Crippen LogP contribution in [0.2, 0.25) is 0 Å². The van der Waals surface area contributed by atoms with Gasteiger partial charge in [0, 0.05) is 23.7 Å². The van der Waals surface area contributed by atoms with Crippen LogP contribution in [-0.4, -0.2) is 58.9 Å². The van der Waals surface area contributed by atoms with Gasteiger partial charge in [0.05, 0.1) is 24.7 Å². The lowest BCUT2D eigenvalue weighted by Gasteiger charge is -2.36. The fourth-order valence-corrected chi connectivity index (χ4v) is 6.00. The molecule has 2 saturated heterocycles. The molecule has 6 rings (SSSR count). The summed E-state index contributed by atoms with van der Waals surface area (Å²) in [4.78, 5) is 5.28. The monoisotopic (exact) mass is 510 g/mol. The summed E-state index contributed by atoms with van der Waals surface area (Å²) in [6.45, 7) is 5.67. The summed E-state index contributed by atoms with van der Waals surface area (Å²) in [5.41, 5.74) is 6.44. The zero-order chi connectivity index (χ0) is 25.9. The predicted octanol–water partition coefficient (Wildman–Crippen LogP) is 6.41. The Labute approximate surface area is 224 Å². The summed E-state index contributed by atoms with van der Waals surface area (Å²) in [6.07, 6.45) is 7.22. The Hall–Kier alpha value is -3.48. The molecule has 5 nitrogen and oxygen atoms in total. The molecule has 0 atom stereocenters. The minimum Gasteiger partial charge on any atom is -0.497 e. The van der Waals surface area contributed by atoms with E-state index in [9.17, 15) is 4.39 Å². The second-order valence-corrected chi connectivity index (χ2v) is 10.5. The first-order valence-corrected chi connectivity index (χ1v) is 13.7. The Morgan fingerprint density at radius 1 is 0.842 bits per heavy atom. The number of methoxy groups -OCH3 is 1. The zero-order valence-electron chi connectivity index (χ0n) is 22.0. The predicted molar refractivity (Wildman–Crippen MR) is 150 cm³/mol. The third kappa shape index (κ3) is 5.24. The minimum absolute atomic E-state index is 0.224. The highest BCUT2D eigenvalue weighted by molar-refractivity contribution is 5.69. The standard InChI is InChI=1S/C32H35FN4O/c1-38-31-6-4-5-26(21-31)32-27(23-35-19-15-29(16-20-35)36-17-2-3-18-36)22-34-37(32)30-13-9-25(10-14-30)24-7-11-28(33)12-8-24/h4-14,21-22,29H,2-3,15-20,23H2,1H3. The van der Waals surface area contributed by atoms with Gasteiger partial charge in [-0.15, -0.1) is 0 Å². The lowest BCUT2D eigenvalue weighted by Crippen LogP contribution is -2.43.